The van der Waals surface area contributed by atoms with Crippen LogP contribution in [0, 0.1) is 0 Å². The molecule has 5 atom stereocenters. The first-order valence-electron chi connectivity index (χ1n) is 26.4. The molecule has 66 heavy (non-hydrogen) atoms. The lowest BCUT2D eigenvalue weighted by atomic mass is 10.0. The van der Waals surface area contributed by atoms with Crippen LogP contribution in [-0.4, -0.2) is 84.3 Å². The third-order valence-electron chi connectivity index (χ3n) is 12.2. The highest BCUT2D eigenvalue weighted by Gasteiger charge is 2.42. The van der Waals surface area contributed by atoms with Crippen LogP contribution in [0.25, 0.3) is 0 Å². The fourth-order valence-corrected chi connectivity index (χ4v) is 10.5. The second-order valence-corrected chi connectivity index (χ2v) is 21.0. The first-order valence-corrected chi connectivity index (χ1v) is 28.9. The predicted molar refractivity (Wildman–Crippen MR) is 268 cm³/mol. The van der Waals surface area contributed by atoms with Gasteiger partial charge in [-0.3, -0.25) is 23.4 Å². The van der Waals surface area contributed by atoms with Crippen LogP contribution in [-0.2, 0) is 37.5 Å². The number of unbranched alkanes of at least 4 members (excludes halogenated alkanes) is 23. The second kappa shape index (κ2) is 40.5. The molecule has 2 rings (SSSR count). The van der Waals surface area contributed by atoms with Gasteiger partial charge in [-0.1, -0.05) is 147 Å². The number of carbonyl (C=O) groups is 4. The quantitative estimate of drug-likeness (QED) is 0.0150. The molecular weight excluding hydrogens is 878 g/mol. The standard InChI is InChI=1S/C51H92N3O10PS/c1-3-5-7-9-11-13-15-17-19-21-23-25-27-29-31-37-48(56)61-41-44(64-49(57)38-32-30-28-26-24-22-20-18-16-14-12-10-8-6-4-2)42-63-65(59,60)62-40-39-52-47(55)36-34-33-35-46-50-45(43-66-46)53-51(58)54-50/h17,19-20,22,44-46,50H,3-16,18,21,23-43H2,1-2H3,(H,52,55)(H,59,60)(H2,53,54,58)/b19-17-,22-20-/t44-,45+,46+,50+/m1/s1. The van der Waals surface area contributed by atoms with Gasteiger partial charge in [-0.2, -0.15) is 11.8 Å². The first-order chi connectivity index (χ1) is 32.1. The highest BCUT2D eigenvalue weighted by Crippen LogP contribution is 2.43. The Labute approximate surface area is 404 Å². The van der Waals surface area contributed by atoms with Crippen molar-refractivity contribution in [3.8, 4) is 0 Å². The van der Waals surface area contributed by atoms with Crippen molar-refractivity contribution < 1.29 is 47.2 Å². The van der Waals surface area contributed by atoms with Gasteiger partial charge in [-0.05, 0) is 77.0 Å². The van der Waals surface area contributed by atoms with Crippen LogP contribution >= 0.6 is 19.6 Å². The van der Waals surface area contributed by atoms with E-state index < -0.39 is 32.5 Å². The lowest BCUT2D eigenvalue weighted by molar-refractivity contribution is -0.161. The van der Waals surface area contributed by atoms with E-state index in [0.29, 0.717) is 30.9 Å². The van der Waals surface area contributed by atoms with E-state index >= 15 is 0 Å². The average molecular weight is 970 g/mol. The summed E-state index contributed by atoms with van der Waals surface area (Å²) in [6.45, 7) is 3.43. The van der Waals surface area contributed by atoms with Crippen LogP contribution in [0.15, 0.2) is 24.3 Å². The minimum atomic E-state index is -4.58. The molecule has 3 amide bonds. The van der Waals surface area contributed by atoms with Crippen molar-refractivity contribution in [1.82, 2.24) is 16.0 Å². The van der Waals surface area contributed by atoms with Crippen molar-refractivity contribution in [2.24, 2.45) is 0 Å². The molecule has 1 unspecified atom stereocenters. The number of allylic oxidation sites excluding steroid dienone is 4. The Morgan fingerprint density at radius 1 is 0.667 bits per heavy atom. The van der Waals surface area contributed by atoms with E-state index in [1.807, 2.05) is 11.8 Å². The molecule has 2 saturated heterocycles. The highest BCUT2D eigenvalue weighted by atomic mass is 32.2. The number of carbonyl (C=O) groups excluding carboxylic acids is 4. The number of phosphoric acid groups is 1. The molecule has 0 aromatic carbocycles. The summed E-state index contributed by atoms with van der Waals surface area (Å²) in [5.74, 6) is -0.212. The molecule has 2 heterocycles. The highest BCUT2D eigenvalue weighted by molar-refractivity contribution is 8.00. The van der Waals surface area contributed by atoms with Crippen LogP contribution in [0.2, 0.25) is 0 Å². The fraction of sp³-hybridized carbons (Fsp3) is 0.843. The van der Waals surface area contributed by atoms with Crippen LogP contribution in [0.4, 0.5) is 4.79 Å². The Bertz CT molecular complexity index is 1390. The molecule has 13 nitrogen and oxygen atoms in total. The molecule has 15 heteroatoms. The number of hydrogen-bond acceptors (Lipinski definition) is 10. The molecule has 0 bridgehead atoms. The third-order valence-corrected chi connectivity index (χ3v) is 14.7. The molecule has 2 fully saturated rings. The molecular formula is C51H92N3O10PS. The maximum atomic E-state index is 12.8. The van der Waals surface area contributed by atoms with Crippen molar-refractivity contribution in [2.75, 3.05) is 32.1 Å². The number of hydrogen-bond donors (Lipinski definition) is 4. The summed E-state index contributed by atoms with van der Waals surface area (Å²) < 4.78 is 34.0. The monoisotopic (exact) mass is 970 g/mol. The van der Waals surface area contributed by atoms with Crippen molar-refractivity contribution in [2.45, 2.75) is 243 Å². The Hall–Kier alpha value is -2.38. The Morgan fingerprint density at radius 2 is 1.17 bits per heavy atom. The van der Waals surface area contributed by atoms with Gasteiger partial charge in [0.05, 0.1) is 25.3 Å². The molecule has 0 aliphatic carbocycles. The van der Waals surface area contributed by atoms with E-state index in [9.17, 15) is 28.6 Å². The summed E-state index contributed by atoms with van der Waals surface area (Å²) in [6.07, 6.45) is 41.2. The van der Waals surface area contributed by atoms with E-state index in [0.717, 1.165) is 89.2 Å². The molecule has 4 N–H and O–H groups in total. The molecule has 2 aliphatic rings. The molecule has 0 aromatic rings. The van der Waals surface area contributed by atoms with Gasteiger partial charge in [0.25, 0.3) is 0 Å². The third kappa shape index (κ3) is 33.2. The van der Waals surface area contributed by atoms with Crippen LogP contribution in [0.3, 0.4) is 0 Å². The van der Waals surface area contributed by atoms with Gasteiger partial charge in [0, 0.05) is 36.8 Å². The van der Waals surface area contributed by atoms with E-state index in [1.54, 1.807) is 0 Å². The number of fused-ring (bicyclic) bond motifs is 1. The van der Waals surface area contributed by atoms with Gasteiger partial charge >= 0.3 is 25.8 Å². The molecule has 0 saturated carbocycles. The van der Waals surface area contributed by atoms with Gasteiger partial charge in [0.2, 0.25) is 5.91 Å². The van der Waals surface area contributed by atoms with Crippen LogP contribution in [0.5, 0.6) is 0 Å². The summed E-state index contributed by atoms with van der Waals surface area (Å²) in [6, 6.07) is 0.193. The normalized spacial score (nSPS) is 18.3. The number of amides is 3. The van der Waals surface area contributed by atoms with Crippen LogP contribution in [0.1, 0.15) is 219 Å². The summed E-state index contributed by atoms with van der Waals surface area (Å²) in [4.78, 5) is 59.8. The number of rotatable bonds is 45. The lowest BCUT2D eigenvalue weighted by Crippen LogP contribution is -2.36. The number of urea groups is 1. The number of nitrogens with one attached hydrogen (secondary N) is 3. The average Bonchev–Trinajstić information content (AvgIpc) is 3.86. The molecule has 0 aromatic heterocycles. The zero-order valence-corrected chi connectivity index (χ0v) is 43.0. The Balaban J connectivity index is 1.65. The molecule has 2 aliphatic heterocycles. The van der Waals surface area contributed by atoms with Gasteiger partial charge in [0.15, 0.2) is 6.10 Å². The number of phosphoric ester groups is 1. The first kappa shape index (κ1) is 59.7. The van der Waals surface area contributed by atoms with E-state index in [4.69, 9.17) is 18.5 Å². The number of ether oxygens (including phenoxy) is 2. The zero-order valence-electron chi connectivity index (χ0n) is 41.3. The summed E-state index contributed by atoms with van der Waals surface area (Å²) in [7, 11) is -4.58. The summed E-state index contributed by atoms with van der Waals surface area (Å²) in [5, 5.41) is 8.94. The molecule has 0 radical (unpaired) electrons. The zero-order chi connectivity index (χ0) is 47.8. The van der Waals surface area contributed by atoms with Crippen LogP contribution < -0.4 is 16.0 Å². The largest absolute Gasteiger partial charge is 0.472 e. The summed E-state index contributed by atoms with van der Waals surface area (Å²) >= 11 is 1.84. The lowest BCUT2D eigenvalue weighted by Gasteiger charge is -2.20. The maximum Gasteiger partial charge on any atom is 0.472 e. The van der Waals surface area contributed by atoms with Crippen molar-refractivity contribution in [3.05, 3.63) is 24.3 Å². The minimum Gasteiger partial charge on any atom is -0.462 e. The Morgan fingerprint density at radius 3 is 1.73 bits per heavy atom. The van der Waals surface area contributed by atoms with E-state index in [-0.39, 0.29) is 56.6 Å². The summed E-state index contributed by atoms with van der Waals surface area (Å²) in [5.41, 5.74) is 0. The number of thioether (sulfide) groups is 1. The minimum absolute atomic E-state index is 0.00853. The Kier molecular flexibility index (Phi) is 36.7. The van der Waals surface area contributed by atoms with Gasteiger partial charge in [-0.15, -0.1) is 0 Å². The molecule has 0 spiro atoms. The number of esters is 2. The van der Waals surface area contributed by atoms with E-state index in [1.165, 1.54) is 83.5 Å². The predicted octanol–water partition coefficient (Wildman–Crippen LogP) is 12.5. The van der Waals surface area contributed by atoms with Gasteiger partial charge in [0.1, 0.15) is 6.61 Å². The van der Waals surface area contributed by atoms with Crippen molar-refractivity contribution in [1.29, 1.82) is 0 Å². The van der Waals surface area contributed by atoms with Crippen molar-refractivity contribution in [3.63, 3.8) is 0 Å². The smallest absolute Gasteiger partial charge is 0.462 e. The topological polar surface area (TPSA) is 179 Å². The van der Waals surface area contributed by atoms with E-state index in [2.05, 4.69) is 54.1 Å². The second-order valence-electron chi connectivity index (χ2n) is 18.3. The SMILES string of the molecule is CCCCCCCC/C=C\CCCCCCCC(=O)OC[C@H](COP(=O)(O)OCCNC(=O)CCCC[C@@H]1SC[C@@H]2NC(=O)N[C@@H]21)OC(=O)CCCCCC/C=C\CCCCCCCCC. The fourth-order valence-electron chi connectivity index (χ4n) is 8.23. The van der Waals surface area contributed by atoms with Gasteiger partial charge in [-0.25, -0.2) is 9.36 Å². The van der Waals surface area contributed by atoms with Gasteiger partial charge < -0.3 is 30.3 Å². The maximum absolute atomic E-state index is 12.8. The van der Waals surface area contributed by atoms with Crippen molar-refractivity contribution >= 4 is 43.5 Å². The molecule has 382 valence electrons.